The largest absolute Gasteiger partial charge is 0.368 e. The van der Waals surface area contributed by atoms with Crippen LogP contribution in [0, 0.1) is 5.92 Å². The van der Waals surface area contributed by atoms with Gasteiger partial charge < -0.3 is 10.6 Å². The Labute approximate surface area is 149 Å². The van der Waals surface area contributed by atoms with E-state index in [0.29, 0.717) is 25.3 Å². The molecule has 1 fully saturated rings. The minimum absolute atomic E-state index is 0.0523. The zero-order valence-electron chi connectivity index (χ0n) is 14.8. The second-order valence-corrected chi connectivity index (χ2v) is 7.17. The van der Waals surface area contributed by atoms with Crippen LogP contribution in [0.1, 0.15) is 38.2 Å². The van der Waals surface area contributed by atoms with E-state index in [2.05, 4.69) is 37.3 Å². The van der Waals surface area contributed by atoms with Crippen molar-refractivity contribution in [2.75, 3.05) is 6.54 Å². The van der Waals surface area contributed by atoms with Crippen molar-refractivity contribution in [1.29, 1.82) is 0 Å². The fourth-order valence-electron chi connectivity index (χ4n) is 3.69. The summed E-state index contributed by atoms with van der Waals surface area (Å²) >= 11 is 0. The molecule has 0 bridgehead atoms. The summed E-state index contributed by atoms with van der Waals surface area (Å²) in [7, 11) is 0. The lowest BCUT2D eigenvalue weighted by atomic mass is 9.91. The third kappa shape index (κ3) is 4.19. The van der Waals surface area contributed by atoms with Gasteiger partial charge in [0.2, 0.25) is 11.8 Å². The number of rotatable bonds is 5. The first-order valence-electron chi connectivity index (χ1n) is 9.11. The summed E-state index contributed by atoms with van der Waals surface area (Å²) in [5.74, 6) is 0.116. The van der Waals surface area contributed by atoms with Crippen molar-refractivity contribution < 1.29 is 9.59 Å². The number of nitrogens with two attached hydrogens (primary N) is 1. The smallest absolute Gasteiger partial charge is 0.240 e. The number of primary amides is 1. The van der Waals surface area contributed by atoms with Crippen LogP contribution in [0.3, 0.4) is 0 Å². The molecule has 1 heterocycles. The van der Waals surface area contributed by atoms with Crippen LogP contribution < -0.4 is 5.73 Å². The van der Waals surface area contributed by atoms with E-state index < -0.39 is 6.04 Å². The third-order valence-electron chi connectivity index (χ3n) is 5.18. The number of nitrogens with zero attached hydrogens (tertiary/aromatic N) is 1. The molecular weight excluding hydrogens is 312 g/mol. The molecule has 0 aromatic heterocycles. The quantitative estimate of drug-likeness (QED) is 0.909. The number of piperidine rings is 1. The molecule has 0 radical (unpaired) electrons. The molecule has 2 amide bonds. The van der Waals surface area contributed by atoms with Gasteiger partial charge in [0.25, 0.3) is 0 Å². The number of fused-ring (bicyclic) bond motifs is 1. The summed E-state index contributed by atoms with van der Waals surface area (Å²) < 4.78 is 0. The van der Waals surface area contributed by atoms with Gasteiger partial charge in [-0.2, -0.15) is 0 Å². The Bertz CT molecular complexity index is 771. The number of benzene rings is 2. The summed E-state index contributed by atoms with van der Waals surface area (Å²) in [6, 6.07) is 14.3. The molecular formula is C21H26N2O2. The van der Waals surface area contributed by atoms with Gasteiger partial charge in [-0.25, -0.2) is 0 Å². The monoisotopic (exact) mass is 338 g/mol. The van der Waals surface area contributed by atoms with E-state index >= 15 is 0 Å². The van der Waals surface area contributed by atoms with E-state index in [-0.39, 0.29) is 11.8 Å². The molecule has 2 atom stereocenters. The Morgan fingerprint density at radius 1 is 1.16 bits per heavy atom. The number of carbonyl (C=O) groups excluding carboxylic acids is 2. The first-order valence-corrected chi connectivity index (χ1v) is 9.11. The predicted octanol–water partition coefficient (Wildman–Crippen LogP) is 3.27. The molecule has 1 saturated heterocycles. The van der Waals surface area contributed by atoms with Gasteiger partial charge in [0.1, 0.15) is 6.04 Å². The van der Waals surface area contributed by atoms with Crippen LogP contribution >= 0.6 is 0 Å². The van der Waals surface area contributed by atoms with E-state index in [1.54, 1.807) is 4.90 Å². The molecule has 0 saturated carbocycles. The minimum Gasteiger partial charge on any atom is -0.368 e. The first-order chi connectivity index (χ1) is 12.0. The van der Waals surface area contributed by atoms with Crippen molar-refractivity contribution in [2.45, 2.75) is 45.1 Å². The van der Waals surface area contributed by atoms with Crippen LogP contribution in [-0.2, 0) is 16.0 Å². The molecule has 1 aliphatic rings. The maximum absolute atomic E-state index is 12.5. The molecule has 0 aliphatic carbocycles. The van der Waals surface area contributed by atoms with E-state index in [1.807, 2.05) is 12.1 Å². The zero-order chi connectivity index (χ0) is 17.8. The van der Waals surface area contributed by atoms with Crippen molar-refractivity contribution >= 4 is 22.6 Å². The Morgan fingerprint density at radius 3 is 2.68 bits per heavy atom. The lowest BCUT2D eigenvalue weighted by molar-refractivity contribution is -0.142. The van der Waals surface area contributed by atoms with Crippen LogP contribution in [0.2, 0.25) is 0 Å². The zero-order valence-corrected chi connectivity index (χ0v) is 14.8. The second-order valence-electron chi connectivity index (χ2n) is 7.17. The Hall–Kier alpha value is -2.36. The van der Waals surface area contributed by atoms with Crippen LogP contribution in [0.4, 0.5) is 0 Å². The van der Waals surface area contributed by atoms with Crippen LogP contribution in [-0.4, -0.2) is 29.3 Å². The number of amides is 2. The number of aryl methyl sites for hydroxylation is 1. The topological polar surface area (TPSA) is 63.4 Å². The average Bonchev–Trinajstić information content (AvgIpc) is 2.61. The lowest BCUT2D eigenvalue weighted by Crippen LogP contribution is -2.52. The van der Waals surface area contributed by atoms with Crippen LogP contribution in [0.15, 0.2) is 42.5 Å². The van der Waals surface area contributed by atoms with E-state index in [4.69, 9.17) is 5.73 Å². The molecule has 0 spiro atoms. The number of hydrogen-bond acceptors (Lipinski definition) is 2. The predicted molar refractivity (Wildman–Crippen MR) is 100.0 cm³/mol. The Morgan fingerprint density at radius 2 is 1.92 bits per heavy atom. The molecule has 3 rings (SSSR count). The highest BCUT2D eigenvalue weighted by atomic mass is 16.2. The van der Waals surface area contributed by atoms with Crippen molar-refractivity contribution in [3.8, 4) is 0 Å². The number of hydrogen-bond donors (Lipinski definition) is 1. The van der Waals surface area contributed by atoms with Gasteiger partial charge in [-0.1, -0.05) is 49.4 Å². The molecule has 2 aromatic carbocycles. The molecule has 4 nitrogen and oxygen atoms in total. The van der Waals surface area contributed by atoms with E-state index in [1.165, 1.54) is 16.3 Å². The fraction of sp³-hybridized carbons (Fsp3) is 0.429. The molecule has 1 aliphatic heterocycles. The van der Waals surface area contributed by atoms with Crippen molar-refractivity contribution in [3.63, 3.8) is 0 Å². The maximum Gasteiger partial charge on any atom is 0.240 e. The molecule has 2 N–H and O–H groups in total. The van der Waals surface area contributed by atoms with Gasteiger partial charge in [0.15, 0.2) is 0 Å². The highest BCUT2D eigenvalue weighted by molar-refractivity contribution is 5.87. The van der Waals surface area contributed by atoms with Gasteiger partial charge in [0.05, 0.1) is 0 Å². The van der Waals surface area contributed by atoms with Gasteiger partial charge in [-0.3, -0.25) is 9.59 Å². The number of carbonyl (C=O) groups is 2. The molecule has 132 valence electrons. The standard InChI is InChI=1S/C21H26N2O2/c1-15-11-12-23(19(13-15)21(22)25)20(24)8-4-5-16-9-10-17-6-2-3-7-18(17)14-16/h2-3,6-7,9-10,14-15,19H,4-5,8,11-13H2,1H3,(H2,22,25)/t15-,19+/m0/s1. The molecule has 2 aromatic rings. The molecule has 4 heteroatoms. The third-order valence-corrected chi connectivity index (χ3v) is 5.18. The van der Waals surface area contributed by atoms with E-state index in [0.717, 1.165) is 19.3 Å². The van der Waals surface area contributed by atoms with Crippen molar-refractivity contribution in [2.24, 2.45) is 11.7 Å². The highest BCUT2D eigenvalue weighted by Crippen LogP contribution is 2.24. The summed E-state index contributed by atoms with van der Waals surface area (Å²) in [4.78, 5) is 25.9. The summed E-state index contributed by atoms with van der Waals surface area (Å²) in [5, 5.41) is 2.46. The van der Waals surface area contributed by atoms with Gasteiger partial charge in [-0.15, -0.1) is 0 Å². The SMILES string of the molecule is C[C@H]1CCN(C(=O)CCCc2ccc3ccccc3c2)[C@@H](C(N)=O)C1. The van der Waals surface area contributed by atoms with Gasteiger partial charge in [0, 0.05) is 13.0 Å². The van der Waals surface area contributed by atoms with Crippen molar-refractivity contribution in [1.82, 2.24) is 4.90 Å². The van der Waals surface area contributed by atoms with Crippen molar-refractivity contribution in [3.05, 3.63) is 48.0 Å². The highest BCUT2D eigenvalue weighted by Gasteiger charge is 2.32. The van der Waals surface area contributed by atoms with Gasteiger partial charge >= 0.3 is 0 Å². The summed E-state index contributed by atoms with van der Waals surface area (Å²) in [5.41, 5.74) is 6.74. The summed E-state index contributed by atoms with van der Waals surface area (Å²) in [6.45, 7) is 2.75. The lowest BCUT2D eigenvalue weighted by Gasteiger charge is -2.36. The normalized spacial score (nSPS) is 20.6. The van der Waals surface area contributed by atoms with Crippen LogP contribution in [0.5, 0.6) is 0 Å². The fourth-order valence-corrected chi connectivity index (χ4v) is 3.69. The average molecular weight is 338 g/mol. The molecule has 0 unspecified atom stereocenters. The van der Waals surface area contributed by atoms with E-state index in [9.17, 15) is 9.59 Å². The minimum atomic E-state index is -0.433. The first kappa shape index (κ1) is 17.5. The summed E-state index contributed by atoms with van der Waals surface area (Å²) in [6.07, 6.45) is 3.74. The maximum atomic E-state index is 12.5. The Balaban J connectivity index is 1.57. The van der Waals surface area contributed by atoms with Gasteiger partial charge in [-0.05, 0) is 47.9 Å². The molecule has 25 heavy (non-hydrogen) atoms. The second kappa shape index (κ2) is 7.68. The number of likely N-dealkylation sites (tertiary alicyclic amines) is 1. The Kier molecular flexibility index (Phi) is 5.37. The van der Waals surface area contributed by atoms with Crippen LogP contribution in [0.25, 0.3) is 10.8 Å².